The van der Waals surface area contributed by atoms with Crippen LogP contribution in [0.4, 0.5) is 0 Å². The molecule has 1 aromatic heterocycles. The number of rotatable bonds is 7. The molecule has 0 bridgehead atoms. The molecule has 0 spiro atoms. The maximum atomic E-state index is 11.4. The Kier molecular flexibility index (Phi) is 4.77. The van der Waals surface area contributed by atoms with E-state index in [4.69, 9.17) is 0 Å². The van der Waals surface area contributed by atoms with Crippen molar-refractivity contribution in [2.45, 2.75) is 46.1 Å². The van der Waals surface area contributed by atoms with Gasteiger partial charge in [-0.25, -0.2) is 4.98 Å². The van der Waals surface area contributed by atoms with Crippen LogP contribution in [0.2, 0.25) is 0 Å². The van der Waals surface area contributed by atoms with Gasteiger partial charge in [0.25, 0.3) is 0 Å². The summed E-state index contributed by atoms with van der Waals surface area (Å²) in [6, 6.07) is 7.97. The molecule has 0 fully saturated rings. The number of aryl methyl sites for hydroxylation is 1. The molecule has 4 nitrogen and oxygen atoms in total. The molecule has 0 aliphatic rings. The minimum Gasteiger partial charge on any atom is -0.481 e. The van der Waals surface area contributed by atoms with Crippen LogP contribution in [0.25, 0.3) is 11.0 Å². The second kappa shape index (κ2) is 6.55. The molecule has 2 rings (SSSR count). The number of hydrogen-bond donors (Lipinski definition) is 1. The molecule has 1 atom stereocenters. The first-order chi connectivity index (χ1) is 9.67. The van der Waals surface area contributed by atoms with Gasteiger partial charge < -0.3 is 9.67 Å². The van der Waals surface area contributed by atoms with E-state index in [9.17, 15) is 9.90 Å². The van der Waals surface area contributed by atoms with E-state index >= 15 is 0 Å². The summed E-state index contributed by atoms with van der Waals surface area (Å²) in [5, 5.41) is 9.36. The van der Waals surface area contributed by atoms with E-state index in [-0.39, 0.29) is 5.92 Å². The van der Waals surface area contributed by atoms with Crippen LogP contribution in [0, 0.1) is 5.92 Å². The molecule has 2 aromatic rings. The highest BCUT2D eigenvalue weighted by molar-refractivity contribution is 5.76. The van der Waals surface area contributed by atoms with Crippen LogP contribution in [-0.2, 0) is 17.8 Å². The van der Waals surface area contributed by atoms with Crippen LogP contribution < -0.4 is 0 Å². The molecule has 20 heavy (non-hydrogen) atoms. The standard InChI is InChI=1S/C16H22N2O2/c1-3-5-8-12(16(19)20)11-15-17-13-9-6-7-10-14(13)18(15)4-2/h6-7,9-10,12H,3-5,8,11H2,1-2H3,(H,19,20). The first kappa shape index (κ1) is 14.6. The number of aliphatic carboxylic acids is 1. The Morgan fingerprint density at radius 3 is 2.75 bits per heavy atom. The Labute approximate surface area is 119 Å². The third kappa shape index (κ3) is 3.00. The lowest BCUT2D eigenvalue weighted by Gasteiger charge is -2.12. The van der Waals surface area contributed by atoms with Crippen molar-refractivity contribution in [2.75, 3.05) is 0 Å². The van der Waals surface area contributed by atoms with Crippen molar-refractivity contribution in [3.8, 4) is 0 Å². The van der Waals surface area contributed by atoms with Crippen LogP contribution in [0.1, 0.15) is 38.9 Å². The predicted octanol–water partition coefficient (Wildman–Crippen LogP) is 3.49. The zero-order chi connectivity index (χ0) is 14.5. The zero-order valence-electron chi connectivity index (χ0n) is 12.2. The van der Waals surface area contributed by atoms with E-state index in [0.717, 1.165) is 42.7 Å². The Hall–Kier alpha value is -1.84. The number of imidazole rings is 1. The monoisotopic (exact) mass is 274 g/mol. The van der Waals surface area contributed by atoms with Crippen LogP contribution in [-0.4, -0.2) is 20.6 Å². The van der Waals surface area contributed by atoms with Crippen LogP contribution >= 0.6 is 0 Å². The molecular weight excluding hydrogens is 252 g/mol. The molecule has 0 aliphatic carbocycles. The van der Waals surface area contributed by atoms with E-state index in [0.29, 0.717) is 6.42 Å². The van der Waals surface area contributed by atoms with E-state index in [2.05, 4.69) is 23.4 Å². The van der Waals surface area contributed by atoms with Crippen molar-refractivity contribution in [3.63, 3.8) is 0 Å². The highest BCUT2D eigenvalue weighted by Crippen LogP contribution is 2.20. The molecule has 0 saturated heterocycles. The first-order valence-corrected chi connectivity index (χ1v) is 7.34. The van der Waals surface area contributed by atoms with Gasteiger partial charge in [0.15, 0.2) is 0 Å². The number of fused-ring (bicyclic) bond motifs is 1. The summed E-state index contributed by atoms with van der Waals surface area (Å²) in [6.45, 7) is 4.97. The Balaban J connectivity index is 2.29. The Morgan fingerprint density at radius 2 is 2.10 bits per heavy atom. The normalized spacial score (nSPS) is 12.7. The fraction of sp³-hybridized carbons (Fsp3) is 0.500. The van der Waals surface area contributed by atoms with Gasteiger partial charge >= 0.3 is 5.97 Å². The summed E-state index contributed by atoms with van der Waals surface area (Å²) in [4.78, 5) is 16.0. The molecule has 0 radical (unpaired) electrons. The van der Waals surface area contributed by atoms with Gasteiger partial charge in [0, 0.05) is 13.0 Å². The van der Waals surface area contributed by atoms with E-state index < -0.39 is 5.97 Å². The van der Waals surface area contributed by atoms with Gasteiger partial charge in [-0.05, 0) is 25.5 Å². The number of para-hydroxylation sites is 2. The third-order valence-electron chi connectivity index (χ3n) is 3.73. The SMILES string of the molecule is CCCCC(Cc1nc2ccccc2n1CC)C(=O)O. The maximum absolute atomic E-state index is 11.4. The molecule has 1 N–H and O–H groups in total. The number of hydrogen-bond acceptors (Lipinski definition) is 2. The molecule has 1 heterocycles. The summed E-state index contributed by atoms with van der Waals surface area (Å²) < 4.78 is 2.12. The van der Waals surface area contributed by atoms with Crippen LogP contribution in [0.15, 0.2) is 24.3 Å². The lowest BCUT2D eigenvalue weighted by atomic mass is 9.98. The average Bonchev–Trinajstić information content (AvgIpc) is 2.80. The summed E-state index contributed by atoms with van der Waals surface area (Å²) in [7, 11) is 0. The van der Waals surface area contributed by atoms with Gasteiger partial charge in [-0.3, -0.25) is 4.79 Å². The molecule has 1 aromatic carbocycles. The van der Waals surface area contributed by atoms with Crippen LogP contribution in [0.5, 0.6) is 0 Å². The van der Waals surface area contributed by atoms with Crippen molar-refractivity contribution in [1.82, 2.24) is 9.55 Å². The van der Waals surface area contributed by atoms with Crippen molar-refractivity contribution in [1.29, 1.82) is 0 Å². The number of carboxylic acids is 1. The average molecular weight is 274 g/mol. The van der Waals surface area contributed by atoms with E-state index in [1.165, 1.54) is 0 Å². The second-order valence-corrected chi connectivity index (χ2v) is 5.14. The first-order valence-electron chi connectivity index (χ1n) is 7.34. The number of carboxylic acid groups (broad SMARTS) is 1. The second-order valence-electron chi connectivity index (χ2n) is 5.14. The lowest BCUT2D eigenvalue weighted by molar-refractivity contribution is -0.142. The topological polar surface area (TPSA) is 55.1 Å². The van der Waals surface area contributed by atoms with Crippen molar-refractivity contribution in [3.05, 3.63) is 30.1 Å². The quantitative estimate of drug-likeness (QED) is 0.840. The summed E-state index contributed by atoms with van der Waals surface area (Å²) in [6.07, 6.45) is 3.20. The fourth-order valence-electron chi connectivity index (χ4n) is 2.62. The molecular formula is C16H22N2O2. The number of carbonyl (C=O) groups is 1. The Bertz CT molecular complexity index is 589. The minimum atomic E-state index is -0.715. The van der Waals surface area contributed by atoms with Gasteiger partial charge in [0.05, 0.1) is 17.0 Å². The number of unbranched alkanes of at least 4 members (excludes halogenated alkanes) is 1. The zero-order valence-corrected chi connectivity index (χ0v) is 12.2. The summed E-state index contributed by atoms with van der Waals surface area (Å²) >= 11 is 0. The van der Waals surface area contributed by atoms with Crippen molar-refractivity contribution >= 4 is 17.0 Å². The van der Waals surface area contributed by atoms with Gasteiger partial charge in [0.2, 0.25) is 0 Å². The van der Waals surface area contributed by atoms with Crippen molar-refractivity contribution < 1.29 is 9.90 Å². The molecule has 0 amide bonds. The maximum Gasteiger partial charge on any atom is 0.306 e. The van der Waals surface area contributed by atoms with Gasteiger partial charge in [-0.1, -0.05) is 31.9 Å². The number of nitrogens with zero attached hydrogens (tertiary/aromatic N) is 2. The minimum absolute atomic E-state index is 0.336. The number of aromatic nitrogens is 2. The highest BCUT2D eigenvalue weighted by Gasteiger charge is 2.21. The van der Waals surface area contributed by atoms with E-state index in [1.807, 2.05) is 24.3 Å². The fourth-order valence-corrected chi connectivity index (χ4v) is 2.62. The van der Waals surface area contributed by atoms with Crippen molar-refractivity contribution in [2.24, 2.45) is 5.92 Å². The smallest absolute Gasteiger partial charge is 0.306 e. The van der Waals surface area contributed by atoms with Gasteiger partial charge in [0.1, 0.15) is 5.82 Å². The molecule has 4 heteroatoms. The Morgan fingerprint density at radius 1 is 1.35 bits per heavy atom. The molecule has 1 unspecified atom stereocenters. The predicted molar refractivity (Wildman–Crippen MR) is 79.8 cm³/mol. The van der Waals surface area contributed by atoms with Gasteiger partial charge in [-0.15, -0.1) is 0 Å². The lowest BCUT2D eigenvalue weighted by Crippen LogP contribution is -2.19. The third-order valence-corrected chi connectivity index (χ3v) is 3.73. The molecule has 0 aliphatic heterocycles. The van der Waals surface area contributed by atoms with Crippen LogP contribution in [0.3, 0.4) is 0 Å². The van der Waals surface area contributed by atoms with E-state index in [1.54, 1.807) is 0 Å². The largest absolute Gasteiger partial charge is 0.481 e. The summed E-state index contributed by atoms with van der Waals surface area (Å²) in [5.41, 5.74) is 2.04. The number of benzene rings is 1. The van der Waals surface area contributed by atoms with Gasteiger partial charge in [-0.2, -0.15) is 0 Å². The highest BCUT2D eigenvalue weighted by atomic mass is 16.4. The molecule has 108 valence electrons. The molecule has 0 saturated carbocycles. The summed E-state index contributed by atoms with van der Waals surface area (Å²) in [5.74, 6) is -0.164.